The highest BCUT2D eigenvalue weighted by Crippen LogP contribution is 2.23. The summed E-state index contributed by atoms with van der Waals surface area (Å²) in [5.41, 5.74) is -0.0944. The Morgan fingerprint density at radius 1 is 1.22 bits per heavy atom. The van der Waals surface area contributed by atoms with Crippen molar-refractivity contribution in [3.05, 3.63) is 42.5 Å². The maximum absolute atomic E-state index is 11.3. The Balaban J connectivity index is 2.34. The number of benzene rings is 2. The highest BCUT2D eigenvalue weighted by atomic mass is 16.4. The lowest BCUT2D eigenvalue weighted by Crippen LogP contribution is -2.42. The van der Waals surface area contributed by atoms with E-state index in [1.165, 1.54) is 0 Å². The van der Waals surface area contributed by atoms with Crippen LogP contribution in [0.5, 0.6) is 0 Å². The van der Waals surface area contributed by atoms with E-state index in [-0.39, 0.29) is 0 Å². The largest absolute Gasteiger partial charge is 0.480 e. The smallest absolute Gasteiger partial charge is 0.329 e. The lowest BCUT2D eigenvalue weighted by atomic mass is 9.98. The summed E-state index contributed by atoms with van der Waals surface area (Å²) in [7, 11) is 0. The van der Waals surface area contributed by atoms with Gasteiger partial charge in [-0.1, -0.05) is 37.3 Å². The molecule has 0 bridgehead atoms. The van der Waals surface area contributed by atoms with Gasteiger partial charge < -0.3 is 10.4 Å². The van der Waals surface area contributed by atoms with Crippen molar-refractivity contribution in [3.8, 4) is 0 Å². The van der Waals surface area contributed by atoms with Gasteiger partial charge in [-0.15, -0.1) is 0 Å². The molecule has 3 heteroatoms. The van der Waals surface area contributed by atoms with Crippen LogP contribution in [0.25, 0.3) is 10.8 Å². The molecule has 0 fully saturated rings. The first-order valence-electron chi connectivity index (χ1n) is 6.05. The van der Waals surface area contributed by atoms with Gasteiger partial charge >= 0.3 is 5.97 Å². The first-order chi connectivity index (χ1) is 8.55. The third-order valence-corrected chi connectivity index (χ3v) is 3.35. The van der Waals surface area contributed by atoms with Gasteiger partial charge in [-0.2, -0.15) is 0 Å². The molecule has 0 aliphatic carbocycles. The van der Waals surface area contributed by atoms with Gasteiger partial charge in [0, 0.05) is 5.69 Å². The van der Waals surface area contributed by atoms with Crippen LogP contribution in [0.3, 0.4) is 0 Å². The molecule has 2 aromatic rings. The molecular weight excluding hydrogens is 226 g/mol. The molecule has 2 rings (SSSR count). The van der Waals surface area contributed by atoms with E-state index in [0.717, 1.165) is 16.5 Å². The molecule has 94 valence electrons. The maximum atomic E-state index is 11.3. The highest BCUT2D eigenvalue weighted by molar-refractivity contribution is 5.88. The third kappa shape index (κ3) is 2.30. The van der Waals surface area contributed by atoms with Crippen LogP contribution in [0, 0.1) is 0 Å². The average molecular weight is 243 g/mol. The molecule has 0 aliphatic heterocycles. The number of aliphatic carboxylic acids is 1. The Labute approximate surface area is 106 Å². The Hall–Kier alpha value is -2.03. The van der Waals surface area contributed by atoms with E-state index < -0.39 is 11.5 Å². The Bertz CT molecular complexity index is 579. The molecule has 1 unspecified atom stereocenters. The molecule has 0 radical (unpaired) electrons. The predicted molar refractivity (Wildman–Crippen MR) is 73.9 cm³/mol. The zero-order valence-corrected chi connectivity index (χ0v) is 10.6. The fourth-order valence-corrected chi connectivity index (χ4v) is 1.88. The molecule has 0 aliphatic rings. The molecule has 3 nitrogen and oxygen atoms in total. The number of anilines is 1. The Morgan fingerprint density at radius 3 is 2.50 bits per heavy atom. The molecule has 0 aromatic heterocycles. The maximum Gasteiger partial charge on any atom is 0.329 e. The van der Waals surface area contributed by atoms with Gasteiger partial charge in [-0.25, -0.2) is 4.79 Å². The van der Waals surface area contributed by atoms with Crippen LogP contribution in [-0.2, 0) is 4.79 Å². The SMILES string of the molecule is CCC(C)(Nc1ccc2ccccc2c1)C(=O)O. The molecule has 0 amide bonds. The van der Waals surface area contributed by atoms with E-state index in [0.29, 0.717) is 6.42 Å². The number of nitrogens with one attached hydrogen (secondary N) is 1. The second kappa shape index (κ2) is 4.69. The van der Waals surface area contributed by atoms with Gasteiger partial charge in [0.15, 0.2) is 0 Å². The van der Waals surface area contributed by atoms with Gasteiger partial charge in [0.25, 0.3) is 0 Å². The summed E-state index contributed by atoms with van der Waals surface area (Å²) >= 11 is 0. The summed E-state index contributed by atoms with van der Waals surface area (Å²) in [4.78, 5) is 11.3. The molecule has 0 saturated carbocycles. The summed E-state index contributed by atoms with van der Waals surface area (Å²) in [6.45, 7) is 3.56. The second-order valence-electron chi connectivity index (χ2n) is 4.68. The van der Waals surface area contributed by atoms with Crippen LogP contribution in [-0.4, -0.2) is 16.6 Å². The Kier molecular flexibility index (Phi) is 3.24. The third-order valence-electron chi connectivity index (χ3n) is 3.35. The summed E-state index contributed by atoms with van der Waals surface area (Å²) in [6, 6.07) is 13.9. The minimum atomic E-state index is -0.928. The monoisotopic (exact) mass is 243 g/mol. The average Bonchev–Trinajstić information content (AvgIpc) is 2.38. The lowest BCUT2D eigenvalue weighted by molar-refractivity contribution is -0.141. The zero-order valence-electron chi connectivity index (χ0n) is 10.6. The van der Waals surface area contributed by atoms with E-state index in [4.69, 9.17) is 0 Å². The molecular formula is C15H17NO2. The van der Waals surface area contributed by atoms with Crippen LogP contribution in [0.15, 0.2) is 42.5 Å². The summed E-state index contributed by atoms with van der Waals surface area (Å²) < 4.78 is 0. The minimum absolute atomic E-state index is 0.523. The minimum Gasteiger partial charge on any atom is -0.480 e. The lowest BCUT2D eigenvalue weighted by Gasteiger charge is -2.26. The molecule has 2 N–H and O–H groups in total. The van der Waals surface area contributed by atoms with E-state index in [1.54, 1.807) is 6.92 Å². The van der Waals surface area contributed by atoms with Crippen LogP contribution >= 0.6 is 0 Å². The van der Waals surface area contributed by atoms with Crippen molar-refractivity contribution in [1.82, 2.24) is 0 Å². The number of carboxylic acid groups (broad SMARTS) is 1. The molecule has 0 saturated heterocycles. The van der Waals surface area contributed by atoms with Crippen LogP contribution in [0.2, 0.25) is 0 Å². The summed E-state index contributed by atoms with van der Waals surface area (Å²) in [6.07, 6.45) is 0.523. The number of carbonyl (C=O) groups is 1. The van der Waals surface area contributed by atoms with Crippen molar-refractivity contribution in [2.45, 2.75) is 25.8 Å². The van der Waals surface area contributed by atoms with Crippen LogP contribution < -0.4 is 5.32 Å². The summed E-state index contributed by atoms with van der Waals surface area (Å²) in [5.74, 6) is -0.835. The topological polar surface area (TPSA) is 49.3 Å². The van der Waals surface area contributed by atoms with Crippen molar-refractivity contribution in [2.75, 3.05) is 5.32 Å². The number of hydrogen-bond donors (Lipinski definition) is 2. The number of rotatable bonds is 4. The summed E-state index contributed by atoms with van der Waals surface area (Å²) in [5, 5.41) is 14.6. The highest BCUT2D eigenvalue weighted by Gasteiger charge is 2.30. The van der Waals surface area contributed by atoms with Crippen LogP contribution in [0.4, 0.5) is 5.69 Å². The first-order valence-corrected chi connectivity index (χ1v) is 6.05. The van der Waals surface area contributed by atoms with E-state index in [9.17, 15) is 9.90 Å². The van der Waals surface area contributed by atoms with Crippen molar-refractivity contribution >= 4 is 22.4 Å². The van der Waals surface area contributed by atoms with Crippen molar-refractivity contribution in [3.63, 3.8) is 0 Å². The molecule has 0 heterocycles. The van der Waals surface area contributed by atoms with E-state index >= 15 is 0 Å². The van der Waals surface area contributed by atoms with Crippen molar-refractivity contribution < 1.29 is 9.90 Å². The van der Waals surface area contributed by atoms with Gasteiger partial charge in [0.05, 0.1) is 0 Å². The van der Waals surface area contributed by atoms with Gasteiger partial charge in [-0.05, 0) is 36.2 Å². The normalized spacial score (nSPS) is 14.1. The van der Waals surface area contributed by atoms with Gasteiger partial charge in [0.2, 0.25) is 0 Å². The fraction of sp³-hybridized carbons (Fsp3) is 0.267. The number of fused-ring (bicyclic) bond motifs is 1. The first kappa shape index (κ1) is 12.4. The Morgan fingerprint density at radius 2 is 1.89 bits per heavy atom. The molecule has 1 atom stereocenters. The fourth-order valence-electron chi connectivity index (χ4n) is 1.88. The predicted octanol–water partition coefficient (Wildman–Crippen LogP) is 3.51. The van der Waals surface area contributed by atoms with Crippen LogP contribution in [0.1, 0.15) is 20.3 Å². The molecule has 2 aromatic carbocycles. The van der Waals surface area contributed by atoms with Crippen molar-refractivity contribution in [1.29, 1.82) is 0 Å². The number of hydrogen-bond acceptors (Lipinski definition) is 2. The molecule has 18 heavy (non-hydrogen) atoms. The standard InChI is InChI=1S/C15H17NO2/c1-3-15(2,14(17)18)16-13-9-8-11-6-4-5-7-12(11)10-13/h4-10,16H,3H2,1-2H3,(H,17,18). The van der Waals surface area contributed by atoms with E-state index in [2.05, 4.69) is 5.32 Å². The van der Waals surface area contributed by atoms with Crippen molar-refractivity contribution in [2.24, 2.45) is 0 Å². The quantitative estimate of drug-likeness (QED) is 0.864. The zero-order chi connectivity index (χ0) is 13.2. The van der Waals surface area contributed by atoms with Gasteiger partial charge in [-0.3, -0.25) is 0 Å². The second-order valence-corrected chi connectivity index (χ2v) is 4.68. The molecule has 0 spiro atoms. The number of carboxylic acids is 1. The van der Waals surface area contributed by atoms with E-state index in [1.807, 2.05) is 49.4 Å². The van der Waals surface area contributed by atoms with Gasteiger partial charge in [0.1, 0.15) is 5.54 Å².